The molecule has 0 aliphatic heterocycles. The van der Waals surface area contributed by atoms with Gasteiger partial charge in [-0.2, -0.15) is 12.7 Å². The highest BCUT2D eigenvalue weighted by Gasteiger charge is 2.33. The Hall–Kier alpha value is -2.62. The summed E-state index contributed by atoms with van der Waals surface area (Å²) in [6.07, 6.45) is 0.365. The Morgan fingerprint density at radius 3 is 2.09 bits per heavy atom. The van der Waals surface area contributed by atoms with E-state index in [2.05, 4.69) is 5.32 Å². The van der Waals surface area contributed by atoms with Crippen LogP contribution in [-0.4, -0.2) is 62.2 Å². The lowest BCUT2D eigenvalue weighted by molar-refractivity contribution is -0.140. The minimum Gasteiger partial charge on any atom is -0.352 e. The summed E-state index contributed by atoms with van der Waals surface area (Å²) in [7, 11) is -1.15. The first kappa shape index (κ1) is 27.6. The third-order valence-corrected chi connectivity index (χ3v) is 7.22. The normalized spacial score (nSPS) is 12.5. The van der Waals surface area contributed by atoms with Gasteiger partial charge in [0.1, 0.15) is 12.6 Å². The average molecular weight is 509 g/mol. The maximum atomic E-state index is 13.7. The molecule has 0 heterocycles. The Labute approximate surface area is 207 Å². The monoisotopic (exact) mass is 508 g/mol. The molecule has 2 aromatic carbocycles. The summed E-state index contributed by atoms with van der Waals surface area (Å²) in [5.74, 6) is -0.781. The molecule has 0 saturated heterocycles. The molecule has 0 fully saturated rings. The molecule has 0 spiro atoms. The van der Waals surface area contributed by atoms with E-state index in [1.54, 1.807) is 54.6 Å². The second-order valence-electron chi connectivity index (χ2n) is 8.37. The predicted molar refractivity (Wildman–Crippen MR) is 136 cm³/mol. The molecule has 0 bridgehead atoms. The summed E-state index contributed by atoms with van der Waals surface area (Å²) in [6, 6.07) is 14.5. The third kappa shape index (κ3) is 7.19. The first-order valence-corrected chi connectivity index (χ1v) is 12.8. The summed E-state index contributed by atoms with van der Waals surface area (Å²) < 4.78 is 28.3. The molecule has 2 aromatic rings. The van der Waals surface area contributed by atoms with Crippen molar-refractivity contribution < 1.29 is 18.0 Å². The molecule has 1 N–H and O–H groups in total. The zero-order chi connectivity index (χ0) is 25.5. The van der Waals surface area contributed by atoms with E-state index in [4.69, 9.17) is 11.6 Å². The van der Waals surface area contributed by atoms with Crippen LogP contribution in [-0.2, 0) is 26.3 Å². The topological polar surface area (TPSA) is 90.0 Å². The van der Waals surface area contributed by atoms with Crippen LogP contribution in [0.15, 0.2) is 54.6 Å². The Bertz CT molecular complexity index is 1060. The maximum Gasteiger partial charge on any atom is 0.304 e. The largest absolute Gasteiger partial charge is 0.352 e. The van der Waals surface area contributed by atoms with Crippen molar-refractivity contribution in [1.82, 2.24) is 14.5 Å². The van der Waals surface area contributed by atoms with Gasteiger partial charge in [0.25, 0.3) is 0 Å². The van der Waals surface area contributed by atoms with Crippen LogP contribution in [0, 0.1) is 0 Å². The minimum absolute atomic E-state index is 0.107. The molecule has 1 atom stereocenters. The summed E-state index contributed by atoms with van der Waals surface area (Å²) >= 11 is 6.00. The van der Waals surface area contributed by atoms with Gasteiger partial charge in [-0.3, -0.25) is 9.59 Å². The highest BCUT2D eigenvalue weighted by Crippen LogP contribution is 2.21. The number of anilines is 1. The second-order valence-corrected chi connectivity index (χ2v) is 10.9. The molecule has 2 amide bonds. The summed E-state index contributed by atoms with van der Waals surface area (Å²) in [5, 5.41) is 3.42. The molecule has 1 unspecified atom stereocenters. The zero-order valence-electron chi connectivity index (χ0n) is 20.2. The van der Waals surface area contributed by atoms with Crippen LogP contribution in [0.1, 0.15) is 32.8 Å². The number of nitrogens with zero attached hydrogens (tertiary/aromatic N) is 3. The van der Waals surface area contributed by atoms with Gasteiger partial charge in [-0.15, -0.1) is 0 Å². The first-order valence-electron chi connectivity index (χ1n) is 11.1. The molecule has 0 aliphatic carbocycles. The van der Waals surface area contributed by atoms with Crippen LogP contribution in [0.4, 0.5) is 5.69 Å². The number of benzene rings is 2. The van der Waals surface area contributed by atoms with E-state index in [0.29, 0.717) is 17.1 Å². The molecule has 34 heavy (non-hydrogen) atoms. The fraction of sp³-hybridized carbons (Fsp3) is 0.417. The van der Waals surface area contributed by atoms with Crippen molar-refractivity contribution >= 4 is 39.3 Å². The number of hydrogen-bond acceptors (Lipinski definition) is 4. The number of hydrogen-bond donors (Lipinski definition) is 1. The van der Waals surface area contributed by atoms with Crippen molar-refractivity contribution in [3.63, 3.8) is 0 Å². The summed E-state index contributed by atoms with van der Waals surface area (Å²) in [6.45, 7) is 5.18. The minimum atomic E-state index is -3.97. The van der Waals surface area contributed by atoms with Gasteiger partial charge < -0.3 is 10.2 Å². The van der Waals surface area contributed by atoms with Gasteiger partial charge in [0.2, 0.25) is 11.8 Å². The molecule has 0 aliphatic rings. The molecule has 10 heteroatoms. The average Bonchev–Trinajstić information content (AvgIpc) is 2.78. The van der Waals surface area contributed by atoms with Crippen molar-refractivity contribution in [3.8, 4) is 0 Å². The number of amides is 2. The van der Waals surface area contributed by atoms with E-state index in [1.165, 1.54) is 19.0 Å². The third-order valence-electron chi connectivity index (χ3n) is 5.15. The molecule has 0 aromatic heterocycles. The van der Waals surface area contributed by atoms with Crippen LogP contribution in [0.5, 0.6) is 0 Å². The summed E-state index contributed by atoms with van der Waals surface area (Å²) in [4.78, 5) is 28.1. The van der Waals surface area contributed by atoms with Gasteiger partial charge >= 0.3 is 10.2 Å². The molecule has 0 radical (unpaired) electrons. The van der Waals surface area contributed by atoms with Gasteiger partial charge in [0.15, 0.2) is 0 Å². The maximum absolute atomic E-state index is 13.7. The number of halogens is 1. The van der Waals surface area contributed by atoms with E-state index < -0.39 is 28.7 Å². The van der Waals surface area contributed by atoms with E-state index in [-0.39, 0.29) is 18.5 Å². The molecule has 8 nitrogen and oxygen atoms in total. The fourth-order valence-electron chi connectivity index (χ4n) is 3.40. The molecule has 2 rings (SSSR count). The first-order chi connectivity index (χ1) is 16.0. The Morgan fingerprint density at radius 2 is 1.59 bits per heavy atom. The van der Waals surface area contributed by atoms with Crippen molar-refractivity contribution in [2.24, 2.45) is 0 Å². The van der Waals surface area contributed by atoms with Gasteiger partial charge in [0, 0.05) is 31.7 Å². The number of para-hydroxylation sites is 1. The fourth-order valence-corrected chi connectivity index (χ4v) is 4.58. The van der Waals surface area contributed by atoms with Gasteiger partial charge in [-0.1, -0.05) is 48.9 Å². The lowest BCUT2D eigenvalue weighted by Gasteiger charge is -2.34. The lowest BCUT2D eigenvalue weighted by Crippen LogP contribution is -2.54. The smallest absolute Gasteiger partial charge is 0.304 e. The number of nitrogens with one attached hydrogen (secondary N) is 1. The highest BCUT2D eigenvalue weighted by molar-refractivity contribution is 7.90. The number of rotatable bonds is 11. The van der Waals surface area contributed by atoms with E-state index >= 15 is 0 Å². The van der Waals surface area contributed by atoms with Crippen molar-refractivity contribution in [3.05, 3.63) is 65.2 Å². The van der Waals surface area contributed by atoms with Gasteiger partial charge in [-0.25, -0.2) is 4.31 Å². The molecular weight excluding hydrogens is 476 g/mol. The molecular formula is C24H33ClN4O4S. The van der Waals surface area contributed by atoms with Crippen LogP contribution < -0.4 is 9.62 Å². The van der Waals surface area contributed by atoms with E-state index in [9.17, 15) is 18.0 Å². The van der Waals surface area contributed by atoms with Crippen molar-refractivity contribution in [2.75, 3.05) is 24.9 Å². The van der Waals surface area contributed by atoms with Crippen LogP contribution in [0.25, 0.3) is 0 Å². The van der Waals surface area contributed by atoms with Crippen LogP contribution in [0.2, 0.25) is 5.02 Å². The van der Waals surface area contributed by atoms with Crippen LogP contribution in [0.3, 0.4) is 0 Å². The highest BCUT2D eigenvalue weighted by atomic mass is 35.5. The Kier molecular flexibility index (Phi) is 9.90. The second kappa shape index (κ2) is 12.2. The zero-order valence-corrected chi connectivity index (χ0v) is 21.8. The van der Waals surface area contributed by atoms with Gasteiger partial charge in [-0.05, 0) is 50.1 Å². The SMILES string of the molecule is CCC(C(=O)NC(C)C)N(Cc1ccc(Cl)cc1)C(=O)CN(c1ccccc1)S(=O)(=O)N(C)C. The van der Waals surface area contributed by atoms with Gasteiger partial charge in [0.05, 0.1) is 5.69 Å². The van der Waals surface area contributed by atoms with E-state index in [1.807, 2.05) is 20.8 Å². The number of carbonyl (C=O) groups excluding carboxylic acids is 2. The standard InChI is InChI=1S/C24H33ClN4O4S/c1-6-22(24(31)26-18(2)3)28(16-19-12-14-20(25)15-13-19)23(30)17-29(34(32,33)27(4)5)21-10-8-7-9-11-21/h7-15,18,22H,6,16-17H2,1-5H3,(H,26,31). The summed E-state index contributed by atoms with van der Waals surface area (Å²) in [5.41, 5.74) is 1.13. The van der Waals surface area contributed by atoms with Crippen LogP contribution >= 0.6 is 11.6 Å². The number of carbonyl (C=O) groups is 2. The quantitative estimate of drug-likeness (QED) is 0.504. The Morgan fingerprint density at radius 1 is 1.00 bits per heavy atom. The predicted octanol–water partition coefficient (Wildman–Crippen LogP) is 3.28. The van der Waals surface area contributed by atoms with E-state index in [0.717, 1.165) is 14.2 Å². The van der Waals surface area contributed by atoms with Crippen molar-refractivity contribution in [2.45, 2.75) is 45.8 Å². The lowest BCUT2D eigenvalue weighted by atomic mass is 10.1. The van der Waals surface area contributed by atoms with Crippen molar-refractivity contribution in [1.29, 1.82) is 0 Å². The molecule has 0 saturated carbocycles. The Balaban J connectivity index is 2.46. The molecule has 186 valence electrons.